The summed E-state index contributed by atoms with van der Waals surface area (Å²) in [5.74, 6) is -1.24. The molecule has 5 nitrogen and oxygen atoms in total. The third-order valence-corrected chi connectivity index (χ3v) is 4.82. The minimum Gasteiger partial charge on any atom is -0.466 e. The summed E-state index contributed by atoms with van der Waals surface area (Å²) in [4.78, 5) is 24.5. The van der Waals surface area contributed by atoms with Crippen LogP contribution in [0.15, 0.2) is 59.2 Å². The van der Waals surface area contributed by atoms with Crippen molar-refractivity contribution in [2.75, 3.05) is 7.11 Å². The van der Waals surface area contributed by atoms with Gasteiger partial charge in [-0.15, -0.1) is 0 Å². The molecule has 0 aliphatic rings. The number of esters is 2. The second kappa shape index (κ2) is 13.9. The Balaban J connectivity index is 2.74. The molecule has 0 aromatic heterocycles. The van der Waals surface area contributed by atoms with Crippen molar-refractivity contribution in [3.05, 3.63) is 64.2 Å². The fraction of sp³-hybridized carbons (Fsp3) is 0.417. The lowest BCUT2D eigenvalue weighted by molar-refractivity contribution is -0.165. The van der Waals surface area contributed by atoms with Gasteiger partial charge in [-0.3, -0.25) is 0 Å². The summed E-state index contributed by atoms with van der Waals surface area (Å²) in [6.07, 6.45) is 7.44. The first-order valence-electron chi connectivity index (χ1n) is 9.94. The largest absolute Gasteiger partial charge is 0.466 e. The Morgan fingerprint density at radius 2 is 1.65 bits per heavy atom. The van der Waals surface area contributed by atoms with Crippen molar-refractivity contribution in [1.29, 1.82) is 0 Å². The molecule has 170 valence electrons. The summed E-state index contributed by atoms with van der Waals surface area (Å²) in [7, 11) is 1.23. The molecule has 0 aliphatic heterocycles. The van der Waals surface area contributed by atoms with Crippen molar-refractivity contribution in [3.63, 3.8) is 0 Å². The third-order valence-electron chi connectivity index (χ3n) is 4.30. The van der Waals surface area contributed by atoms with Gasteiger partial charge in [-0.2, -0.15) is 0 Å². The molecule has 0 heterocycles. The van der Waals surface area contributed by atoms with Crippen LogP contribution in [0.1, 0.15) is 47.0 Å². The number of allylic oxidation sites excluding steroid dienone is 5. The van der Waals surface area contributed by atoms with E-state index in [1.165, 1.54) is 18.3 Å². The Hall–Kier alpha value is -2.24. The summed E-state index contributed by atoms with van der Waals surface area (Å²) in [6.45, 7) is 7.91. The predicted octanol–water partition coefficient (Wildman–Crippen LogP) is 6.40. The highest BCUT2D eigenvalue weighted by molar-refractivity contribution is 6.30. The molecule has 0 saturated heterocycles. The summed E-state index contributed by atoms with van der Waals surface area (Å²) in [6, 6.07) is 6.34. The highest BCUT2D eigenvalue weighted by Gasteiger charge is 2.29. The number of halogens is 2. The van der Waals surface area contributed by atoms with Crippen LogP contribution in [0.25, 0.3) is 0 Å². The van der Waals surface area contributed by atoms with Gasteiger partial charge in [0.25, 0.3) is 5.56 Å². The van der Waals surface area contributed by atoms with Crippen LogP contribution in [0.5, 0.6) is 5.75 Å². The van der Waals surface area contributed by atoms with Crippen molar-refractivity contribution in [1.82, 2.24) is 0 Å². The molecule has 1 rings (SSSR count). The van der Waals surface area contributed by atoms with Crippen LogP contribution in [-0.4, -0.2) is 30.7 Å². The number of alkyl halides is 1. The highest BCUT2D eigenvalue weighted by Crippen LogP contribution is 2.20. The van der Waals surface area contributed by atoms with Gasteiger partial charge in [0.15, 0.2) is 0 Å². The van der Waals surface area contributed by atoms with Crippen molar-refractivity contribution in [3.8, 4) is 5.75 Å². The van der Waals surface area contributed by atoms with Gasteiger partial charge in [0.05, 0.1) is 7.11 Å². The number of benzene rings is 1. The molecule has 0 spiro atoms. The number of rotatable bonds is 11. The molecule has 0 N–H and O–H groups in total. The van der Waals surface area contributed by atoms with Crippen LogP contribution in [0, 0.1) is 0 Å². The molecule has 2 atom stereocenters. The van der Waals surface area contributed by atoms with Crippen LogP contribution in [0.3, 0.4) is 0 Å². The zero-order valence-corrected chi connectivity index (χ0v) is 20.1. The first-order chi connectivity index (χ1) is 14.6. The average molecular weight is 469 g/mol. The quantitative estimate of drug-likeness (QED) is 0.213. The average Bonchev–Trinajstić information content (AvgIpc) is 2.72. The van der Waals surface area contributed by atoms with E-state index in [1.807, 2.05) is 6.08 Å². The van der Waals surface area contributed by atoms with E-state index in [2.05, 4.69) is 32.9 Å². The summed E-state index contributed by atoms with van der Waals surface area (Å²) in [5.41, 5.74) is 1.65. The number of methoxy groups -OCH3 is 1. The molecule has 1 aromatic rings. The SMILES string of the molecule is COC(=O)C(OC(=O)C(Cl)Oc1ccc(Cl)cc1)C(C)=CCC=C(C)CCC=C(C)C. The third kappa shape index (κ3) is 10.6. The smallest absolute Gasteiger partial charge is 0.364 e. The van der Waals surface area contributed by atoms with E-state index in [0.29, 0.717) is 22.8 Å². The summed E-state index contributed by atoms with van der Waals surface area (Å²) < 4.78 is 15.4. The molecule has 0 bridgehead atoms. The lowest BCUT2D eigenvalue weighted by atomic mass is 10.1. The summed E-state index contributed by atoms with van der Waals surface area (Å²) in [5, 5.41) is 0.522. The predicted molar refractivity (Wildman–Crippen MR) is 124 cm³/mol. The molecule has 0 radical (unpaired) electrons. The number of hydrogen-bond donors (Lipinski definition) is 0. The van der Waals surface area contributed by atoms with Crippen molar-refractivity contribution in [2.24, 2.45) is 0 Å². The van der Waals surface area contributed by atoms with Gasteiger partial charge in [-0.1, -0.05) is 52.6 Å². The Kier molecular flexibility index (Phi) is 12.1. The molecular weight excluding hydrogens is 439 g/mol. The Morgan fingerprint density at radius 1 is 1.00 bits per heavy atom. The number of ether oxygens (including phenoxy) is 3. The highest BCUT2D eigenvalue weighted by atomic mass is 35.5. The molecule has 7 heteroatoms. The maximum absolute atomic E-state index is 12.3. The first kappa shape index (κ1) is 26.8. The van der Waals surface area contributed by atoms with E-state index < -0.39 is 23.6 Å². The topological polar surface area (TPSA) is 61.8 Å². The van der Waals surface area contributed by atoms with Crippen LogP contribution < -0.4 is 4.74 Å². The molecule has 2 unspecified atom stereocenters. The van der Waals surface area contributed by atoms with Gasteiger partial charge in [0.1, 0.15) is 5.75 Å². The minimum absolute atomic E-state index is 0.344. The fourth-order valence-electron chi connectivity index (χ4n) is 2.53. The Labute approximate surface area is 194 Å². The van der Waals surface area contributed by atoms with Gasteiger partial charge in [-0.25, -0.2) is 9.59 Å². The molecule has 0 saturated carbocycles. The molecule has 0 aliphatic carbocycles. The standard InChI is InChI=1S/C24H30Cl2O5/c1-16(2)8-6-9-17(3)10-7-11-18(4)21(23(27)29-5)31-24(28)22(26)30-20-14-12-19(25)13-15-20/h8,10-15,21-22H,6-7,9H2,1-5H3. The number of hydrogen-bond acceptors (Lipinski definition) is 5. The lowest BCUT2D eigenvalue weighted by Gasteiger charge is -2.19. The molecular formula is C24H30Cl2O5. The molecule has 0 amide bonds. The first-order valence-corrected chi connectivity index (χ1v) is 10.8. The van der Waals surface area contributed by atoms with Gasteiger partial charge in [0, 0.05) is 5.02 Å². The minimum atomic E-state index is -1.43. The number of carbonyl (C=O) groups excluding carboxylic acids is 2. The summed E-state index contributed by atoms with van der Waals surface area (Å²) >= 11 is 11.8. The molecule has 0 fully saturated rings. The fourth-order valence-corrected chi connectivity index (χ4v) is 2.81. The van der Waals surface area contributed by atoms with Crippen LogP contribution in [-0.2, 0) is 19.1 Å². The monoisotopic (exact) mass is 468 g/mol. The van der Waals surface area contributed by atoms with Gasteiger partial charge in [-0.05, 0) is 76.8 Å². The van der Waals surface area contributed by atoms with Gasteiger partial charge >= 0.3 is 11.9 Å². The van der Waals surface area contributed by atoms with E-state index in [0.717, 1.165) is 12.8 Å². The zero-order valence-electron chi connectivity index (χ0n) is 18.6. The lowest BCUT2D eigenvalue weighted by Crippen LogP contribution is -2.34. The second-order valence-corrected chi connectivity index (χ2v) is 8.12. The van der Waals surface area contributed by atoms with Crippen LogP contribution in [0.4, 0.5) is 0 Å². The normalized spacial score (nSPS) is 13.8. The maximum atomic E-state index is 12.3. The Bertz CT molecular complexity index is 821. The second-order valence-electron chi connectivity index (χ2n) is 7.28. The molecule has 1 aromatic carbocycles. The Morgan fingerprint density at radius 3 is 2.23 bits per heavy atom. The van der Waals surface area contributed by atoms with E-state index in [9.17, 15) is 9.59 Å². The molecule has 31 heavy (non-hydrogen) atoms. The van der Waals surface area contributed by atoms with E-state index in [-0.39, 0.29) is 0 Å². The van der Waals surface area contributed by atoms with Crippen LogP contribution in [0.2, 0.25) is 5.02 Å². The van der Waals surface area contributed by atoms with Crippen molar-refractivity contribution < 1.29 is 23.8 Å². The van der Waals surface area contributed by atoms with E-state index in [1.54, 1.807) is 31.2 Å². The van der Waals surface area contributed by atoms with E-state index in [4.69, 9.17) is 37.4 Å². The van der Waals surface area contributed by atoms with Crippen LogP contribution >= 0.6 is 23.2 Å². The van der Waals surface area contributed by atoms with Gasteiger partial charge in [0.2, 0.25) is 6.10 Å². The van der Waals surface area contributed by atoms with E-state index >= 15 is 0 Å². The number of carbonyl (C=O) groups is 2. The van der Waals surface area contributed by atoms with Crippen molar-refractivity contribution in [2.45, 2.75) is 58.6 Å². The van der Waals surface area contributed by atoms with Crippen molar-refractivity contribution >= 4 is 35.1 Å². The zero-order chi connectivity index (χ0) is 23.4. The maximum Gasteiger partial charge on any atom is 0.364 e. The van der Waals surface area contributed by atoms with Gasteiger partial charge < -0.3 is 14.2 Å².